The van der Waals surface area contributed by atoms with Crippen LogP contribution in [-0.4, -0.2) is 16.7 Å². The molecule has 0 N–H and O–H groups in total. The molecule has 1 aromatic heterocycles. The van der Waals surface area contributed by atoms with Crippen LogP contribution in [0.5, 0.6) is 0 Å². The third-order valence-electron chi connectivity index (χ3n) is 3.57. The van der Waals surface area contributed by atoms with E-state index >= 15 is 0 Å². The largest absolute Gasteiger partial charge is 0.417 e. The zero-order chi connectivity index (χ0) is 15.1. The van der Waals surface area contributed by atoms with Crippen LogP contribution in [0.25, 0.3) is 11.4 Å². The van der Waals surface area contributed by atoms with Crippen molar-refractivity contribution in [3.05, 3.63) is 35.7 Å². The predicted molar refractivity (Wildman–Crippen MR) is 67.3 cm³/mol. The van der Waals surface area contributed by atoms with Crippen LogP contribution in [0.1, 0.15) is 31.2 Å². The van der Waals surface area contributed by atoms with Crippen LogP contribution in [0.3, 0.4) is 0 Å². The average molecular weight is 298 g/mol. The first-order valence-electron chi connectivity index (χ1n) is 6.55. The van der Waals surface area contributed by atoms with Crippen molar-refractivity contribution in [2.45, 2.75) is 31.5 Å². The third kappa shape index (κ3) is 2.53. The highest BCUT2D eigenvalue weighted by atomic mass is 19.4. The molecule has 4 nitrogen and oxygen atoms in total. The molecular weight excluding hydrogens is 285 g/mol. The van der Waals surface area contributed by atoms with Crippen molar-refractivity contribution in [1.29, 1.82) is 0 Å². The van der Waals surface area contributed by atoms with Gasteiger partial charge in [0.1, 0.15) is 5.60 Å². The van der Waals surface area contributed by atoms with Gasteiger partial charge >= 0.3 is 6.18 Å². The van der Waals surface area contributed by atoms with E-state index in [0.717, 1.165) is 12.5 Å². The Morgan fingerprint density at radius 3 is 2.67 bits per heavy atom. The van der Waals surface area contributed by atoms with E-state index in [4.69, 9.17) is 9.26 Å². The smallest absolute Gasteiger partial charge is 0.365 e. The van der Waals surface area contributed by atoms with E-state index in [0.29, 0.717) is 13.0 Å². The summed E-state index contributed by atoms with van der Waals surface area (Å²) in [5, 5.41) is 3.68. The summed E-state index contributed by atoms with van der Waals surface area (Å²) < 4.78 is 49.7. The van der Waals surface area contributed by atoms with Gasteiger partial charge in [0.15, 0.2) is 0 Å². The molecule has 0 saturated carbocycles. The Balaban J connectivity index is 2.01. The highest BCUT2D eigenvalue weighted by Gasteiger charge is 2.39. The minimum absolute atomic E-state index is 0.0744. The van der Waals surface area contributed by atoms with Crippen LogP contribution in [0.15, 0.2) is 28.8 Å². The lowest BCUT2D eigenvalue weighted by Crippen LogP contribution is -2.20. The minimum Gasteiger partial charge on any atom is -0.365 e. The lowest BCUT2D eigenvalue weighted by Gasteiger charge is -2.17. The summed E-state index contributed by atoms with van der Waals surface area (Å²) in [5.41, 5.74) is -1.59. The molecule has 1 saturated heterocycles. The van der Waals surface area contributed by atoms with E-state index in [9.17, 15) is 13.2 Å². The molecule has 112 valence electrons. The van der Waals surface area contributed by atoms with Crippen LogP contribution in [0, 0.1) is 0 Å². The summed E-state index contributed by atoms with van der Waals surface area (Å²) in [6.45, 7) is 2.38. The summed E-state index contributed by atoms with van der Waals surface area (Å²) in [5.74, 6) is 0.140. The highest BCUT2D eigenvalue weighted by molar-refractivity contribution is 5.60. The zero-order valence-electron chi connectivity index (χ0n) is 11.3. The number of hydrogen-bond donors (Lipinski definition) is 0. The number of nitrogens with zero attached hydrogens (tertiary/aromatic N) is 2. The Morgan fingerprint density at radius 2 is 2.00 bits per heavy atom. The summed E-state index contributed by atoms with van der Waals surface area (Å²) in [6.07, 6.45) is -2.91. The number of halogens is 3. The maximum absolute atomic E-state index is 13.0. The Kier molecular flexibility index (Phi) is 3.24. The van der Waals surface area contributed by atoms with Gasteiger partial charge in [-0.15, -0.1) is 0 Å². The number of rotatable bonds is 2. The van der Waals surface area contributed by atoms with Gasteiger partial charge in [0, 0.05) is 12.2 Å². The first-order valence-corrected chi connectivity index (χ1v) is 6.55. The molecule has 7 heteroatoms. The van der Waals surface area contributed by atoms with Crippen molar-refractivity contribution in [2.24, 2.45) is 0 Å². The number of ether oxygens (including phenoxy) is 1. The number of hydrogen-bond acceptors (Lipinski definition) is 4. The van der Waals surface area contributed by atoms with Crippen LogP contribution < -0.4 is 0 Å². The Labute approximate surface area is 118 Å². The van der Waals surface area contributed by atoms with E-state index in [1.165, 1.54) is 18.2 Å². The van der Waals surface area contributed by atoms with Gasteiger partial charge in [-0.2, -0.15) is 18.2 Å². The second-order valence-corrected chi connectivity index (χ2v) is 5.15. The second kappa shape index (κ2) is 4.84. The van der Waals surface area contributed by atoms with Gasteiger partial charge in [0.2, 0.25) is 5.82 Å². The number of benzene rings is 1. The van der Waals surface area contributed by atoms with Gasteiger partial charge in [0.25, 0.3) is 5.89 Å². The fourth-order valence-corrected chi connectivity index (χ4v) is 2.42. The van der Waals surface area contributed by atoms with E-state index in [2.05, 4.69) is 10.1 Å². The Morgan fingerprint density at radius 1 is 1.24 bits per heavy atom. The first-order chi connectivity index (χ1) is 9.90. The fraction of sp³-hybridized carbons (Fsp3) is 0.429. The topological polar surface area (TPSA) is 48.2 Å². The molecule has 0 spiro atoms. The normalized spacial score (nSPS) is 22.7. The molecule has 1 aromatic carbocycles. The molecule has 2 heterocycles. The second-order valence-electron chi connectivity index (χ2n) is 5.15. The van der Waals surface area contributed by atoms with Crippen LogP contribution >= 0.6 is 0 Å². The van der Waals surface area contributed by atoms with Gasteiger partial charge in [-0.3, -0.25) is 0 Å². The van der Waals surface area contributed by atoms with Crippen molar-refractivity contribution < 1.29 is 22.4 Å². The van der Waals surface area contributed by atoms with Crippen molar-refractivity contribution in [2.75, 3.05) is 6.61 Å². The van der Waals surface area contributed by atoms with Crippen LogP contribution in [0.4, 0.5) is 13.2 Å². The molecule has 0 radical (unpaired) electrons. The average Bonchev–Trinajstić information content (AvgIpc) is 3.07. The molecule has 0 bridgehead atoms. The van der Waals surface area contributed by atoms with E-state index < -0.39 is 17.3 Å². The first kappa shape index (κ1) is 14.1. The van der Waals surface area contributed by atoms with Gasteiger partial charge in [-0.25, -0.2) is 0 Å². The third-order valence-corrected chi connectivity index (χ3v) is 3.57. The Hall–Kier alpha value is -1.89. The van der Waals surface area contributed by atoms with Crippen molar-refractivity contribution in [3.8, 4) is 11.4 Å². The lowest BCUT2D eigenvalue weighted by atomic mass is 10.0. The molecule has 2 aromatic rings. The van der Waals surface area contributed by atoms with Crippen molar-refractivity contribution in [1.82, 2.24) is 10.1 Å². The fourth-order valence-electron chi connectivity index (χ4n) is 2.42. The highest BCUT2D eigenvalue weighted by Crippen LogP contribution is 2.38. The van der Waals surface area contributed by atoms with Crippen LogP contribution in [-0.2, 0) is 16.5 Å². The molecule has 1 aliphatic heterocycles. The molecule has 0 amide bonds. The summed E-state index contributed by atoms with van der Waals surface area (Å²) in [6, 6.07) is 5.16. The predicted octanol–water partition coefficient (Wildman–Crippen LogP) is 3.78. The maximum atomic E-state index is 13.0. The summed E-state index contributed by atoms with van der Waals surface area (Å²) >= 11 is 0. The van der Waals surface area contributed by atoms with E-state index in [1.54, 1.807) is 6.92 Å². The Bertz CT molecular complexity index is 646. The van der Waals surface area contributed by atoms with Gasteiger partial charge in [0.05, 0.1) is 5.56 Å². The quantitative estimate of drug-likeness (QED) is 0.846. The monoisotopic (exact) mass is 298 g/mol. The molecule has 0 unspecified atom stereocenters. The van der Waals surface area contributed by atoms with Crippen molar-refractivity contribution in [3.63, 3.8) is 0 Å². The van der Waals surface area contributed by atoms with E-state index in [-0.39, 0.29) is 17.3 Å². The molecular formula is C14H13F3N2O2. The summed E-state index contributed by atoms with van der Waals surface area (Å²) in [7, 11) is 0. The molecule has 1 atom stereocenters. The van der Waals surface area contributed by atoms with Gasteiger partial charge in [-0.05, 0) is 25.8 Å². The number of alkyl halides is 3. The van der Waals surface area contributed by atoms with E-state index in [1.807, 2.05) is 0 Å². The van der Waals surface area contributed by atoms with Crippen molar-refractivity contribution >= 4 is 0 Å². The molecule has 1 aliphatic rings. The zero-order valence-corrected chi connectivity index (χ0v) is 11.3. The lowest BCUT2D eigenvalue weighted by molar-refractivity contribution is -0.137. The number of aromatic nitrogens is 2. The standard InChI is InChI=1S/C14H13F3N2O2/c1-13(7-4-8-20-13)12-18-11(19-21-12)9-5-2-3-6-10(9)14(15,16)17/h2-3,5-6H,4,7-8H2,1H3/t13-/m1/s1. The van der Waals surface area contributed by atoms with Gasteiger partial charge < -0.3 is 9.26 Å². The molecule has 0 aliphatic carbocycles. The van der Waals surface area contributed by atoms with Gasteiger partial charge in [-0.1, -0.05) is 23.4 Å². The summed E-state index contributed by atoms with van der Waals surface area (Å²) in [4.78, 5) is 4.11. The molecule has 21 heavy (non-hydrogen) atoms. The van der Waals surface area contributed by atoms with Crippen LogP contribution in [0.2, 0.25) is 0 Å². The minimum atomic E-state index is -4.47. The SMILES string of the molecule is C[C@]1(c2nc(-c3ccccc3C(F)(F)F)no2)CCCO1. The molecule has 1 fully saturated rings. The molecule has 3 rings (SSSR count). The maximum Gasteiger partial charge on any atom is 0.417 e.